The lowest BCUT2D eigenvalue weighted by molar-refractivity contribution is -0.144. The van der Waals surface area contributed by atoms with E-state index in [1.807, 2.05) is 13.0 Å². The molecule has 0 bridgehead atoms. The number of hydrogen-bond donors (Lipinski definition) is 2. The third-order valence-corrected chi connectivity index (χ3v) is 3.59. The molecule has 1 rings (SSSR count). The second-order valence-electron chi connectivity index (χ2n) is 5.57. The van der Waals surface area contributed by atoms with E-state index in [0.29, 0.717) is 17.7 Å². The van der Waals surface area contributed by atoms with E-state index in [1.54, 1.807) is 12.1 Å². The summed E-state index contributed by atoms with van der Waals surface area (Å²) in [5.74, 6) is -2.16. The summed E-state index contributed by atoms with van der Waals surface area (Å²) in [6.07, 6.45) is 0.150. The van der Waals surface area contributed by atoms with E-state index in [4.69, 9.17) is 19.5 Å². The number of carbonyl (C=O) groups is 2. The maximum atomic E-state index is 12.4. The Labute approximate surface area is 152 Å². The van der Waals surface area contributed by atoms with E-state index in [1.165, 1.54) is 19.2 Å². The van der Waals surface area contributed by atoms with Gasteiger partial charge in [-0.25, -0.2) is 0 Å². The molecule has 0 fully saturated rings. The van der Waals surface area contributed by atoms with Crippen LogP contribution in [0.25, 0.3) is 0 Å². The molecule has 0 saturated heterocycles. The smallest absolute Gasteiger partial charge is 0.308 e. The number of nitrogens with one attached hydrogen (secondary N) is 1. The summed E-state index contributed by atoms with van der Waals surface area (Å²) in [4.78, 5) is 23.7. The number of carboxylic acid groups (broad SMARTS) is 1. The molecule has 1 aromatic carbocycles. The Morgan fingerprint density at radius 2 is 1.92 bits per heavy atom. The number of amides is 1. The first kappa shape index (κ1) is 21.6. The molecule has 2 atom stereocenters. The van der Waals surface area contributed by atoms with Crippen LogP contribution in [0.15, 0.2) is 24.3 Å². The Morgan fingerprint density at radius 1 is 1.23 bits per heavy atom. The molecule has 0 aliphatic heterocycles. The molecule has 0 heterocycles. The van der Waals surface area contributed by atoms with Crippen molar-refractivity contribution >= 4 is 11.9 Å². The molecule has 0 aliphatic carbocycles. The number of hydrogen-bond acceptors (Lipinski definition) is 6. The third kappa shape index (κ3) is 7.61. The SMILES string of the molecule is CCOCOCC(CC(COC)C(=O)O)NC(=O)c1ccc(C#N)cc1. The van der Waals surface area contributed by atoms with Gasteiger partial charge >= 0.3 is 5.97 Å². The van der Waals surface area contributed by atoms with E-state index >= 15 is 0 Å². The van der Waals surface area contributed by atoms with Gasteiger partial charge in [-0.1, -0.05) is 0 Å². The molecule has 2 N–H and O–H groups in total. The largest absolute Gasteiger partial charge is 0.481 e. The highest BCUT2D eigenvalue weighted by Gasteiger charge is 2.24. The second kappa shape index (κ2) is 12.0. The van der Waals surface area contributed by atoms with Crippen molar-refractivity contribution in [2.45, 2.75) is 19.4 Å². The number of nitrogens with zero attached hydrogens (tertiary/aromatic N) is 1. The molecular formula is C18H24N2O6. The van der Waals surface area contributed by atoms with Crippen LogP contribution in [0.1, 0.15) is 29.3 Å². The van der Waals surface area contributed by atoms with Gasteiger partial charge in [-0.05, 0) is 37.6 Å². The standard InChI is InChI=1S/C18H24N2O6/c1-3-25-12-26-11-16(8-15(10-24-2)18(22)23)20-17(21)14-6-4-13(9-19)5-7-14/h4-7,15-16H,3,8,10-12H2,1-2H3,(H,20,21)(H,22,23). The lowest BCUT2D eigenvalue weighted by Crippen LogP contribution is -2.41. The van der Waals surface area contributed by atoms with Crippen molar-refractivity contribution in [3.05, 3.63) is 35.4 Å². The molecule has 142 valence electrons. The topological polar surface area (TPSA) is 118 Å². The molecule has 8 nitrogen and oxygen atoms in total. The van der Waals surface area contributed by atoms with Crippen LogP contribution in [0, 0.1) is 17.2 Å². The highest BCUT2D eigenvalue weighted by atomic mass is 16.7. The van der Waals surface area contributed by atoms with Crippen LogP contribution in [-0.2, 0) is 19.0 Å². The third-order valence-electron chi connectivity index (χ3n) is 3.59. The van der Waals surface area contributed by atoms with Crippen LogP contribution >= 0.6 is 0 Å². The number of nitriles is 1. The van der Waals surface area contributed by atoms with Crippen LogP contribution in [0.3, 0.4) is 0 Å². The maximum absolute atomic E-state index is 12.4. The van der Waals surface area contributed by atoms with E-state index in [2.05, 4.69) is 5.32 Å². The zero-order valence-corrected chi connectivity index (χ0v) is 14.9. The highest BCUT2D eigenvalue weighted by Crippen LogP contribution is 2.11. The number of ether oxygens (including phenoxy) is 3. The molecule has 1 amide bonds. The molecule has 0 aromatic heterocycles. The second-order valence-corrected chi connectivity index (χ2v) is 5.57. The monoisotopic (exact) mass is 364 g/mol. The van der Waals surface area contributed by atoms with Gasteiger partial charge in [-0.15, -0.1) is 0 Å². The molecule has 1 aromatic rings. The quantitative estimate of drug-likeness (QED) is 0.425. The maximum Gasteiger partial charge on any atom is 0.308 e. The van der Waals surface area contributed by atoms with Crippen LogP contribution in [-0.4, -0.2) is 56.7 Å². The summed E-state index contributed by atoms with van der Waals surface area (Å²) in [6, 6.07) is 7.61. The van der Waals surface area contributed by atoms with Crippen molar-refractivity contribution < 1.29 is 28.9 Å². The first-order chi connectivity index (χ1) is 12.5. The van der Waals surface area contributed by atoms with Crippen molar-refractivity contribution in [1.29, 1.82) is 5.26 Å². The molecule has 8 heteroatoms. The minimum absolute atomic E-state index is 0.0318. The van der Waals surface area contributed by atoms with Crippen LogP contribution < -0.4 is 5.32 Å². The van der Waals surface area contributed by atoms with E-state index in [-0.39, 0.29) is 32.3 Å². The average molecular weight is 364 g/mol. The van der Waals surface area contributed by atoms with Gasteiger partial charge in [0.15, 0.2) is 0 Å². The first-order valence-electron chi connectivity index (χ1n) is 8.20. The van der Waals surface area contributed by atoms with Crippen LogP contribution in [0.4, 0.5) is 0 Å². The Balaban J connectivity index is 2.76. The Morgan fingerprint density at radius 3 is 2.46 bits per heavy atom. The fourth-order valence-electron chi connectivity index (χ4n) is 2.25. The molecule has 0 saturated carbocycles. The zero-order valence-electron chi connectivity index (χ0n) is 14.9. The lowest BCUT2D eigenvalue weighted by atomic mass is 10.0. The van der Waals surface area contributed by atoms with Crippen LogP contribution in [0.5, 0.6) is 0 Å². The van der Waals surface area contributed by atoms with Gasteiger partial charge in [0.05, 0.1) is 36.8 Å². The summed E-state index contributed by atoms with van der Waals surface area (Å²) in [5.41, 5.74) is 0.821. The molecule has 2 unspecified atom stereocenters. The average Bonchev–Trinajstić information content (AvgIpc) is 2.64. The molecule has 0 aliphatic rings. The molecular weight excluding hydrogens is 340 g/mol. The van der Waals surface area contributed by atoms with Gasteiger partial charge in [-0.2, -0.15) is 5.26 Å². The molecule has 26 heavy (non-hydrogen) atoms. The molecule has 0 radical (unpaired) electrons. The minimum atomic E-state index is -1.01. The number of methoxy groups -OCH3 is 1. The first-order valence-corrected chi connectivity index (χ1v) is 8.20. The Kier molecular flexibility index (Phi) is 9.94. The summed E-state index contributed by atoms with van der Waals surface area (Å²) in [7, 11) is 1.42. The van der Waals surface area contributed by atoms with Gasteiger partial charge in [0, 0.05) is 19.3 Å². The fraction of sp³-hybridized carbons (Fsp3) is 0.500. The summed E-state index contributed by atoms with van der Waals surface area (Å²) in [5, 5.41) is 20.9. The van der Waals surface area contributed by atoms with E-state index in [9.17, 15) is 14.7 Å². The van der Waals surface area contributed by atoms with Crippen molar-refractivity contribution in [2.75, 3.05) is 33.7 Å². The predicted molar refractivity (Wildman–Crippen MR) is 92.5 cm³/mol. The van der Waals surface area contributed by atoms with Crippen molar-refractivity contribution in [3.63, 3.8) is 0 Å². The van der Waals surface area contributed by atoms with E-state index in [0.717, 1.165) is 0 Å². The highest BCUT2D eigenvalue weighted by molar-refractivity contribution is 5.94. The predicted octanol–water partition coefficient (Wildman–Crippen LogP) is 1.40. The minimum Gasteiger partial charge on any atom is -0.481 e. The van der Waals surface area contributed by atoms with Gasteiger partial charge in [-0.3, -0.25) is 9.59 Å². The number of carboxylic acids is 1. The van der Waals surface area contributed by atoms with E-state index < -0.39 is 17.9 Å². The van der Waals surface area contributed by atoms with Gasteiger partial charge in [0.1, 0.15) is 6.79 Å². The Hall–Kier alpha value is -2.47. The van der Waals surface area contributed by atoms with Gasteiger partial charge < -0.3 is 24.6 Å². The van der Waals surface area contributed by atoms with Crippen LogP contribution in [0.2, 0.25) is 0 Å². The van der Waals surface area contributed by atoms with Crippen molar-refractivity contribution in [2.24, 2.45) is 5.92 Å². The lowest BCUT2D eigenvalue weighted by Gasteiger charge is -2.22. The summed E-state index contributed by atoms with van der Waals surface area (Å²) in [6.45, 7) is 2.51. The Bertz CT molecular complexity index is 611. The van der Waals surface area contributed by atoms with Crippen molar-refractivity contribution in [3.8, 4) is 6.07 Å². The number of rotatable bonds is 12. The fourth-order valence-corrected chi connectivity index (χ4v) is 2.25. The summed E-state index contributed by atoms with van der Waals surface area (Å²) < 4.78 is 15.4. The normalized spacial score (nSPS) is 12.8. The number of aliphatic carboxylic acids is 1. The van der Waals surface area contributed by atoms with Crippen molar-refractivity contribution in [1.82, 2.24) is 5.32 Å². The van der Waals surface area contributed by atoms with Gasteiger partial charge in [0.2, 0.25) is 0 Å². The van der Waals surface area contributed by atoms with Gasteiger partial charge in [0.25, 0.3) is 5.91 Å². The molecule has 0 spiro atoms. The number of benzene rings is 1. The number of carbonyl (C=O) groups excluding carboxylic acids is 1. The summed E-state index contributed by atoms with van der Waals surface area (Å²) >= 11 is 0. The zero-order chi connectivity index (χ0) is 19.4.